The van der Waals surface area contributed by atoms with Crippen LogP contribution in [0.3, 0.4) is 0 Å². The summed E-state index contributed by atoms with van der Waals surface area (Å²) in [6, 6.07) is 4.01. The van der Waals surface area contributed by atoms with Gasteiger partial charge in [0.1, 0.15) is 0 Å². The summed E-state index contributed by atoms with van der Waals surface area (Å²) < 4.78 is 0. The van der Waals surface area contributed by atoms with Gasteiger partial charge in [0.05, 0.1) is 0 Å². The zero-order valence-electron chi connectivity index (χ0n) is 9.27. The highest BCUT2D eigenvalue weighted by Gasteiger charge is 2.31. The fourth-order valence-electron chi connectivity index (χ4n) is 1.72. The van der Waals surface area contributed by atoms with E-state index in [9.17, 15) is 9.59 Å². The fraction of sp³-hybridized carbons (Fsp3) is 0.333. The third-order valence-electron chi connectivity index (χ3n) is 2.64. The molecule has 3 nitrogen and oxygen atoms in total. The van der Waals surface area contributed by atoms with E-state index in [4.69, 9.17) is 0 Å². The zero-order chi connectivity index (χ0) is 11.8. The van der Waals surface area contributed by atoms with Crippen LogP contribution < -0.4 is 0 Å². The van der Waals surface area contributed by atoms with Crippen LogP contribution in [0, 0.1) is 0 Å². The van der Waals surface area contributed by atoms with Gasteiger partial charge in [0, 0.05) is 29.0 Å². The molecule has 0 radical (unpaired) electrons. The molecule has 0 aromatic carbocycles. The highest BCUT2D eigenvalue weighted by atomic mass is 32.1. The minimum atomic E-state index is -0.213. The van der Waals surface area contributed by atoms with Crippen LogP contribution in [0.5, 0.6) is 0 Å². The highest BCUT2D eigenvalue weighted by Crippen LogP contribution is 2.29. The van der Waals surface area contributed by atoms with E-state index in [0.717, 1.165) is 0 Å². The Labute approximate surface area is 98.4 Å². The summed E-state index contributed by atoms with van der Waals surface area (Å²) in [5.74, 6) is -0.427. The molecule has 0 saturated heterocycles. The molecule has 1 aromatic heterocycles. The first-order chi connectivity index (χ1) is 7.50. The molecule has 0 unspecified atom stereocenters. The van der Waals surface area contributed by atoms with Crippen molar-refractivity contribution < 1.29 is 9.59 Å². The molecule has 2 rings (SSSR count). The molecule has 0 spiro atoms. The van der Waals surface area contributed by atoms with Crippen LogP contribution in [0.2, 0.25) is 0 Å². The van der Waals surface area contributed by atoms with Gasteiger partial charge in [-0.15, -0.1) is 11.3 Å². The summed E-state index contributed by atoms with van der Waals surface area (Å²) >= 11 is 1.65. The molecule has 4 heteroatoms. The van der Waals surface area contributed by atoms with Crippen molar-refractivity contribution in [3.63, 3.8) is 0 Å². The molecule has 16 heavy (non-hydrogen) atoms. The first kappa shape index (κ1) is 11.1. The lowest BCUT2D eigenvalue weighted by Gasteiger charge is -2.28. The Morgan fingerprint density at radius 3 is 2.38 bits per heavy atom. The summed E-state index contributed by atoms with van der Waals surface area (Å²) in [5, 5.41) is 2.00. The Morgan fingerprint density at radius 1 is 1.25 bits per heavy atom. The molecule has 84 valence electrons. The fourth-order valence-corrected chi connectivity index (χ4v) is 2.57. The van der Waals surface area contributed by atoms with Gasteiger partial charge in [-0.25, -0.2) is 0 Å². The number of hydrogen-bond donors (Lipinski definition) is 0. The second-order valence-corrected chi connectivity index (χ2v) is 5.40. The maximum atomic E-state index is 11.5. The van der Waals surface area contributed by atoms with Gasteiger partial charge in [-0.1, -0.05) is 19.9 Å². The summed E-state index contributed by atoms with van der Waals surface area (Å²) in [7, 11) is 0. The van der Waals surface area contributed by atoms with Crippen LogP contribution in [-0.4, -0.2) is 23.3 Å². The van der Waals surface area contributed by atoms with E-state index in [-0.39, 0.29) is 17.2 Å². The first-order valence-electron chi connectivity index (χ1n) is 5.08. The standard InChI is InChI=1S/C12H13NO2S/c1-12(2,9-4-3-7-16-9)8-13-10(14)5-6-11(13)15/h3-7H,8H2,1-2H3. The van der Waals surface area contributed by atoms with Gasteiger partial charge in [-0.05, 0) is 11.4 Å². The molecule has 0 aliphatic carbocycles. The molecular formula is C12H13NO2S. The number of thiophene rings is 1. The van der Waals surface area contributed by atoms with Crippen molar-refractivity contribution in [1.29, 1.82) is 0 Å². The van der Waals surface area contributed by atoms with Crippen LogP contribution in [0.25, 0.3) is 0 Å². The van der Waals surface area contributed by atoms with Crippen molar-refractivity contribution in [3.8, 4) is 0 Å². The Morgan fingerprint density at radius 2 is 1.88 bits per heavy atom. The van der Waals surface area contributed by atoms with E-state index in [1.165, 1.54) is 21.9 Å². The van der Waals surface area contributed by atoms with Crippen LogP contribution in [0.4, 0.5) is 0 Å². The first-order valence-corrected chi connectivity index (χ1v) is 5.96. The molecule has 0 N–H and O–H groups in total. The number of nitrogens with zero attached hydrogens (tertiary/aromatic N) is 1. The van der Waals surface area contributed by atoms with Gasteiger partial charge in [0.15, 0.2) is 0 Å². The monoisotopic (exact) mass is 235 g/mol. The van der Waals surface area contributed by atoms with E-state index in [1.54, 1.807) is 11.3 Å². The molecule has 1 aliphatic heterocycles. The average molecular weight is 235 g/mol. The lowest BCUT2D eigenvalue weighted by atomic mass is 9.91. The third-order valence-corrected chi connectivity index (χ3v) is 3.88. The third kappa shape index (κ3) is 1.93. The van der Waals surface area contributed by atoms with Crippen molar-refractivity contribution in [2.24, 2.45) is 0 Å². The zero-order valence-corrected chi connectivity index (χ0v) is 10.1. The largest absolute Gasteiger partial charge is 0.275 e. The van der Waals surface area contributed by atoms with Crippen LogP contribution in [-0.2, 0) is 15.0 Å². The smallest absolute Gasteiger partial charge is 0.253 e. The van der Waals surface area contributed by atoms with E-state index >= 15 is 0 Å². The van der Waals surface area contributed by atoms with E-state index < -0.39 is 0 Å². The van der Waals surface area contributed by atoms with Crippen LogP contribution in [0.1, 0.15) is 18.7 Å². The van der Waals surface area contributed by atoms with Crippen molar-refractivity contribution in [1.82, 2.24) is 4.90 Å². The number of amides is 2. The van der Waals surface area contributed by atoms with E-state index in [2.05, 4.69) is 0 Å². The number of rotatable bonds is 3. The van der Waals surface area contributed by atoms with Gasteiger partial charge in [0.25, 0.3) is 11.8 Å². The summed E-state index contributed by atoms with van der Waals surface area (Å²) in [6.45, 7) is 4.51. The topological polar surface area (TPSA) is 37.4 Å². The maximum Gasteiger partial charge on any atom is 0.253 e. The number of imide groups is 1. The van der Waals surface area contributed by atoms with Gasteiger partial charge >= 0.3 is 0 Å². The molecule has 2 heterocycles. The second kappa shape index (κ2) is 3.87. The maximum absolute atomic E-state index is 11.5. The van der Waals surface area contributed by atoms with Crippen molar-refractivity contribution in [3.05, 3.63) is 34.5 Å². The number of carbonyl (C=O) groups is 2. The Kier molecular flexibility index (Phi) is 2.68. The Hall–Kier alpha value is -1.42. The quantitative estimate of drug-likeness (QED) is 0.751. The molecule has 0 saturated carbocycles. The van der Waals surface area contributed by atoms with Crippen LogP contribution in [0.15, 0.2) is 29.7 Å². The Bertz CT molecular complexity index is 428. The van der Waals surface area contributed by atoms with Gasteiger partial charge in [0.2, 0.25) is 0 Å². The summed E-state index contributed by atoms with van der Waals surface area (Å²) in [5.41, 5.74) is -0.189. The van der Waals surface area contributed by atoms with Crippen molar-refractivity contribution >= 4 is 23.2 Å². The molecule has 1 aliphatic rings. The van der Waals surface area contributed by atoms with Gasteiger partial charge in [-0.2, -0.15) is 0 Å². The minimum Gasteiger partial charge on any atom is -0.275 e. The van der Waals surface area contributed by atoms with E-state index in [0.29, 0.717) is 6.54 Å². The van der Waals surface area contributed by atoms with Crippen molar-refractivity contribution in [2.75, 3.05) is 6.54 Å². The lowest BCUT2D eigenvalue weighted by molar-refractivity contribution is -0.137. The van der Waals surface area contributed by atoms with E-state index in [1.807, 2.05) is 31.4 Å². The number of hydrogen-bond acceptors (Lipinski definition) is 3. The summed E-state index contributed by atoms with van der Waals surface area (Å²) in [6.07, 6.45) is 2.65. The molecule has 0 fully saturated rings. The lowest BCUT2D eigenvalue weighted by Crippen LogP contribution is -2.40. The molecule has 2 amide bonds. The molecule has 0 atom stereocenters. The second-order valence-electron chi connectivity index (χ2n) is 4.46. The normalized spacial score (nSPS) is 16.2. The van der Waals surface area contributed by atoms with Crippen LogP contribution >= 0.6 is 11.3 Å². The predicted octanol–water partition coefficient (Wildman–Crippen LogP) is 1.95. The van der Waals surface area contributed by atoms with Gasteiger partial charge in [-0.3, -0.25) is 14.5 Å². The molecule has 0 bridgehead atoms. The van der Waals surface area contributed by atoms with Gasteiger partial charge < -0.3 is 0 Å². The van der Waals surface area contributed by atoms with Crippen molar-refractivity contribution in [2.45, 2.75) is 19.3 Å². The minimum absolute atomic E-state index is 0.189. The number of carbonyl (C=O) groups excluding carboxylic acids is 2. The molecular weight excluding hydrogens is 222 g/mol. The predicted molar refractivity (Wildman–Crippen MR) is 63.2 cm³/mol. The highest BCUT2D eigenvalue weighted by molar-refractivity contribution is 7.10. The molecule has 1 aromatic rings. The Balaban J connectivity index is 2.16. The average Bonchev–Trinajstić information content (AvgIpc) is 2.83. The SMILES string of the molecule is CC(C)(CN1C(=O)C=CC1=O)c1cccs1. The summed E-state index contributed by atoms with van der Waals surface area (Å²) in [4.78, 5) is 25.4.